The van der Waals surface area contributed by atoms with E-state index in [9.17, 15) is 4.79 Å². The predicted octanol–water partition coefficient (Wildman–Crippen LogP) is 2.81. The van der Waals surface area contributed by atoms with Crippen molar-refractivity contribution < 1.29 is 4.79 Å². The molecule has 7 heteroatoms. The number of hydrogen-bond acceptors (Lipinski definition) is 4. The van der Waals surface area contributed by atoms with Gasteiger partial charge in [0.1, 0.15) is 5.82 Å². The Kier molecular flexibility index (Phi) is 9.74. The third kappa shape index (κ3) is 7.55. The number of carbonyl (C=O) groups is 1. The average Bonchev–Trinajstić information content (AvgIpc) is 2.74. The van der Waals surface area contributed by atoms with Crippen molar-refractivity contribution in [1.82, 2.24) is 15.6 Å². The molecule has 1 aliphatic rings. The fourth-order valence-corrected chi connectivity index (χ4v) is 3.79. The van der Waals surface area contributed by atoms with Crippen LogP contribution in [0.5, 0.6) is 0 Å². The fourth-order valence-electron chi connectivity index (χ4n) is 3.79. The van der Waals surface area contributed by atoms with Gasteiger partial charge in [-0.05, 0) is 32.3 Å². The van der Waals surface area contributed by atoms with Gasteiger partial charge in [0.05, 0.1) is 0 Å². The number of guanidine groups is 1. The summed E-state index contributed by atoms with van der Waals surface area (Å²) >= 11 is 0. The van der Waals surface area contributed by atoms with Crippen LogP contribution in [0.25, 0.3) is 0 Å². The monoisotopic (exact) mass is 402 g/mol. The molecular formula is C22H38N6O. The maximum atomic E-state index is 11.4. The molecule has 0 aromatic carbocycles. The van der Waals surface area contributed by atoms with Crippen LogP contribution in [0.1, 0.15) is 64.4 Å². The summed E-state index contributed by atoms with van der Waals surface area (Å²) in [4.78, 5) is 22.6. The van der Waals surface area contributed by atoms with Crippen LogP contribution < -0.4 is 21.3 Å². The molecule has 0 spiro atoms. The number of piperidine rings is 1. The number of nitrogens with two attached hydrogens (primary N) is 1. The lowest BCUT2D eigenvalue weighted by Crippen LogP contribution is -2.42. The summed E-state index contributed by atoms with van der Waals surface area (Å²) in [7, 11) is 1.80. The van der Waals surface area contributed by atoms with Gasteiger partial charge in [-0.1, -0.05) is 38.7 Å². The molecule has 1 fully saturated rings. The van der Waals surface area contributed by atoms with Gasteiger partial charge < -0.3 is 21.3 Å². The second-order valence-corrected chi connectivity index (χ2v) is 7.97. The average molecular weight is 403 g/mol. The van der Waals surface area contributed by atoms with Gasteiger partial charge >= 0.3 is 0 Å². The van der Waals surface area contributed by atoms with E-state index in [0.29, 0.717) is 12.6 Å². The first-order valence-corrected chi connectivity index (χ1v) is 11.0. The molecule has 1 aromatic heterocycles. The summed E-state index contributed by atoms with van der Waals surface area (Å²) in [5.74, 6) is 1.59. The summed E-state index contributed by atoms with van der Waals surface area (Å²) < 4.78 is 0. The zero-order valence-corrected chi connectivity index (χ0v) is 18.3. The maximum absolute atomic E-state index is 11.4. The van der Waals surface area contributed by atoms with Crippen molar-refractivity contribution in [2.24, 2.45) is 16.6 Å². The molecule has 2 rings (SSSR count). The molecule has 1 saturated heterocycles. The second-order valence-electron chi connectivity index (χ2n) is 7.97. The van der Waals surface area contributed by atoms with Crippen LogP contribution in [-0.4, -0.2) is 43.0 Å². The van der Waals surface area contributed by atoms with Crippen molar-refractivity contribution in [3.63, 3.8) is 0 Å². The smallest absolute Gasteiger partial charge is 0.220 e. The van der Waals surface area contributed by atoms with E-state index in [2.05, 4.69) is 45.4 Å². The first-order valence-electron chi connectivity index (χ1n) is 11.0. The van der Waals surface area contributed by atoms with Crippen LogP contribution in [0, 0.1) is 5.92 Å². The highest BCUT2D eigenvalue weighted by molar-refractivity contribution is 5.80. The summed E-state index contributed by atoms with van der Waals surface area (Å²) in [5.41, 5.74) is 6.59. The van der Waals surface area contributed by atoms with Gasteiger partial charge in [0.25, 0.3) is 0 Å². The Morgan fingerprint density at radius 2 is 2.10 bits per heavy atom. The Morgan fingerprint density at radius 3 is 2.76 bits per heavy atom. The first-order chi connectivity index (χ1) is 14.0. The number of aromatic nitrogens is 1. The van der Waals surface area contributed by atoms with Crippen LogP contribution in [0.3, 0.4) is 0 Å². The van der Waals surface area contributed by atoms with E-state index in [1.807, 2.05) is 12.3 Å². The van der Waals surface area contributed by atoms with E-state index in [4.69, 9.17) is 5.73 Å². The lowest BCUT2D eigenvalue weighted by Gasteiger charge is -2.32. The highest BCUT2D eigenvalue weighted by Gasteiger charge is 2.25. The van der Waals surface area contributed by atoms with E-state index < -0.39 is 0 Å². The lowest BCUT2D eigenvalue weighted by molar-refractivity contribution is -0.122. The van der Waals surface area contributed by atoms with Crippen molar-refractivity contribution >= 4 is 17.7 Å². The molecule has 1 atom stereocenters. The molecule has 29 heavy (non-hydrogen) atoms. The Hall–Kier alpha value is -2.31. The number of carbonyl (C=O) groups excluding carboxylic acids is 1. The Labute approximate surface area is 175 Å². The lowest BCUT2D eigenvalue weighted by atomic mass is 9.96. The minimum Gasteiger partial charge on any atom is -0.369 e. The minimum absolute atomic E-state index is 0.0154. The van der Waals surface area contributed by atoms with Gasteiger partial charge in [0, 0.05) is 50.4 Å². The number of rotatable bonds is 10. The topological polar surface area (TPSA) is 95.6 Å². The molecule has 1 aromatic rings. The van der Waals surface area contributed by atoms with E-state index in [1.165, 1.54) is 25.7 Å². The zero-order chi connectivity index (χ0) is 21.1. The first kappa shape index (κ1) is 23.0. The summed E-state index contributed by atoms with van der Waals surface area (Å²) in [5, 5.41) is 6.91. The van der Waals surface area contributed by atoms with E-state index in [0.717, 1.165) is 49.7 Å². The van der Waals surface area contributed by atoms with Gasteiger partial charge in [-0.25, -0.2) is 4.98 Å². The number of primary amides is 1. The predicted molar refractivity (Wildman–Crippen MR) is 120 cm³/mol. The number of nitrogens with one attached hydrogen (secondary N) is 2. The van der Waals surface area contributed by atoms with Gasteiger partial charge in [0.15, 0.2) is 5.96 Å². The maximum Gasteiger partial charge on any atom is 0.220 e. The molecule has 0 saturated carbocycles. The Balaban J connectivity index is 1.87. The van der Waals surface area contributed by atoms with Crippen molar-refractivity contribution in [3.05, 3.63) is 23.9 Å². The second kappa shape index (κ2) is 12.3. The van der Waals surface area contributed by atoms with Crippen LogP contribution in [0.15, 0.2) is 23.3 Å². The summed E-state index contributed by atoms with van der Waals surface area (Å²) in [6, 6.07) is 4.44. The molecule has 7 nitrogen and oxygen atoms in total. The number of nitrogens with zero attached hydrogens (tertiary/aromatic N) is 3. The van der Waals surface area contributed by atoms with Crippen LogP contribution in [0.4, 0.5) is 5.82 Å². The van der Waals surface area contributed by atoms with Gasteiger partial charge in [0.2, 0.25) is 5.91 Å². The number of amides is 1. The molecule has 4 N–H and O–H groups in total. The number of unbranched alkanes of at least 4 members (excludes halogenated alkanes) is 3. The largest absolute Gasteiger partial charge is 0.369 e. The fraction of sp³-hybridized carbons (Fsp3) is 0.682. The molecule has 1 aliphatic heterocycles. The molecule has 0 bridgehead atoms. The highest BCUT2D eigenvalue weighted by Crippen LogP contribution is 2.24. The van der Waals surface area contributed by atoms with Crippen molar-refractivity contribution in [2.45, 2.75) is 71.4 Å². The molecule has 2 heterocycles. The number of anilines is 1. The van der Waals surface area contributed by atoms with Crippen LogP contribution in [0.2, 0.25) is 0 Å². The SMILES string of the molecule is CCCCCCC(C)NC(=NC)NCc1cccnc1N1CCC(C(N)=O)CC1. The van der Waals surface area contributed by atoms with Crippen LogP contribution in [-0.2, 0) is 11.3 Å². The van der Waals surface area contributed by atoms with Crippen LogP contribution >= 0.6 is 0 Å². The minimum atomic E-state index is -0.189. The molecule has 0 radical (unpaired) electrons. The quantitative estimate of drug-likeness (QED) is 0.318. The third-order valence-corrected chi connectivity index (χ3v) is 5.61. The van der Waals surface area contributed by atoms with E-state index >= 15 is 0 Å². The van der Waals surface area contributed by atoms with Gasteiger partial charge in [-0.2, -0.15) is 0 Å². The standard InChI is InChI=1S/C22H38N6O/c1-4-5-6-7-9-17(2)27-22(24-3)26-16-19-10-8-13-25-21(19)28-14-11-18(12-15-28)20(23)29/h8,10,13,17-18H,4-7,9,11-12,14-16H2,1-3H3,(H2,23,29)(H2,24,26,27). The molecular weight excluding hydrogens is 364 g/mol. The Morgan fingerprint density at radius 1 is 1.34 bits per heavy atom. The third-order valence-electron chi connectivity index (χ3n) is 5.61. The van der Waals surface area contributed by atoms with E-state index in [-0.39, 0.29) is 11.8 Å². The normalized spacial score (nSPS) is 16.5. The molecule has 1 unspecified atom stereocenters. The van der Waals surface area contributed by atoms with Gasteiger partial charge in [-0.3, -0.25) is 9.79 Å². The summed E-state index contributed by atoms with van der Waals surface area (Å²) in [6.45, 7) is 6.71. The number of pyridine rings is 1. The van der Waals surface area contributed by atoms with Crippen molar-refractivity contribution in [3.8, 4) is 0 Å². The Bertz CT molecular complexity index is 654. The highest BCUT2D eigenvalue weighted by atomic mass is 16.1. The number of hydrogen-bond donors (Lipinski definition) is 3. The molecule has 0 aliphatic carbocycles. The molecule has 162 valence electrons. The van der Waals surface area contributed by atoms with Gasteiger partial charge in [-0.15, -0.1) is 0 Å². The van der Waals surface area contributed by atoms with Crippen molar-refractivity contribution in [2.75, 3.05) is 25.0 Å². The zero-order valence-electron chi connectivity index (χ0n) is 18.3. The summed E-state index contributed by atoms with van der Waals surface area (Å²) in [6.07, 6.45) is 9.65. The molecule has 1 amide bonds. The number of aliphatic imine (C=N–C) groups is 1. The van der Waals surface area contributed by atoms with E-state index in [1.54, 1.807) is 7.05 Å². The van der Waals surface area contributed by atoms with Crippen molar-refractivity contribution in [1.29, 1.82) is 0 Å².